The summed E-state index contributed by atoms with van der Waals surface area (Å²) in [6.07, 6.45) is 0.140. The van der Waals surface area contributed by atoms with Crippen LogP contribution in [0.2, 0.25) is 0 Å². The van der Waals surface area contributed by atoms with Gasteiger partial charge in [0, 0.05) is 17.3 Å². The van der Waals surface area contributed by atoms with Gasteiger partial charge in [0.1, 0.15) is 0 Å². The van der Waals surface area contributed by atoms with E-state index in [-0.39, 0.29) is 19.1 Å². The largest absolute Gasteiger partial charge is 0.454 e. The molecule has 4 rings (SSSR count). The average Bonchev–Trinajstić information content (AvgIpc) is 3.27. The number of hydrogen-bond donors (Lipinski definition) is 1. The SMILES string of the molecule is Cc1cccc(NC(=O)Cc2cc(-c3ccc4c(c3)OCO4)on2)c1C. The topological polar surface area (TPSA) is 73.6 Å². The minimum absolute atomic E-state index is 0.135. The summed E-state index contributed by atoms with van der Waals surface area (Å²) in [5.41, 5.74) is 4.40. The highest BCUT2D eigenvalue weighted by Crippen LogP contribution is 2.36. The van der Waals surface area contributed by atoms with Crippen LogP contribution in [0, 0.1) is 13.8 Å². The van der Waals surface area contributed by atoms with E-state index in [4.69, 9.17) is 14.0 Å². The summed E-state index contributed by atoms with van der Waals surface area (Å²) in [6.45, 7) is 4.22. The number of anilines is 1. The number of carbonyl (C=O) groups excluding carboxylic acids is 1. The van der Waals surface area contributed by atoms with Crippen molar-refractivity contribution in [3.8, 4) is 22.8 Å². The maximum absolute atomic E-state index is 12.3. The van der Waals surface area contributed by atoms with Gasteiger partial charge in [0.25, 0.3) is 0 Å². The molecular weight excluding hydrogens is 332 g/mol. The van der Waals surface area contributed by atoms with Gasteiger partial charge in [-0.2, -0.15) is 0 Å². The number of aryl methyl sites for hydroxylation is 1. The minimum atomic E-state index is -0.135. The standard InChI is InChI=1S/C20H18N2O4/c1-12-4-3-5-16(13(12)2)21-20(23)10-15-9-18(26-22-15)14-6-7-17-19(8-14)25-11-24-17/h3-9H,10-11H2,1-2H3,(H,21,23). The summed E-state index contributed by atoms with van der Waals surface area (Å²) < 4.78 is 16.0. The van der Waals surface area contributed by atoms with Crippen molar-refractivity contribution in [3.63, 3.8) is 0 Å². The first-order valence-corrected chi connectivity index (χ1v) is 8.32. The number of nitrogens with one attached hydrogen (secondary N) is 1. The van der Waals surface area contributed by atoms with Gasteiger partial charge in [-0.1, -0.05) is 17.3 Å². The molecule has 0 saturated carbocycles. The van der Waals surface area contributed by atoms with Crippen LogP contribution < -0.4 is 14.8 Å². The van der Waals surface area contributed by atoms with Gasteiger partial charge in [0.15, 0.2) is 17.3 Å². The summed E-state index contributed by atoms with van der Waals surface area (Å²) >= 11 is 0. The molecule has 6 nitrogen and oxygen atoms in total. The van der Waals surface area contributed by atoms with Crippen molar-refractivity contribution in [3.05, 3.63) is 59.3 Å². The van der Waals surface area contributed by atoms with Crippen LogP contribution in [0.3, 0.4) is 0 Å². The first-order valence-electron chi connectivity index (χ1n) is 8.32. The van der Waals surface area contributed by atoms with Gasteiger partial charge in [-0.15, -0.1) is 0 Å². The quantitative estimate of drug-likeness (QED) is 0.773. The van der Waals surface area contributed by atoms with Crippen molar-refractivity contribution >= 4 is 11.6 Å². The number of nitrogens with zero attached hydrogens (tertiary/aromatic N) is 1. The van der Waals surface area contributed by atoms with Crippen molar-refractivity contribution in [1.82, 2.24) is 5.16 Å². The van der Waals surface area contributed by atoms with E-state index in [2.05, 4.69) is 10.5 Å². The van der Waals surface area contributed by atoms with Crippen LogP contribution >= 0.6 is 0 Å². The monoisotopic (exact) mass is 350 g/mol. The Balaban J connectivity index is 1.46. The molecule has 0 spiro atoms. The van der Waals surface area contributed by atoms with Crippen molar-refractivity contribution in [1.29, 1.82) is 0 Å². The van der Waals surface area contributed by atoms with E-state index in [1.807, 2.05) is 50.2 Å². The van der Waals surface area contributed by atoms with E-state index >= 15 is 0 Å². The van der Waals surface area contributed by atoms with Gasteiger partial charge >= 0.3 is 0 Å². The summed E-state index contributed by atoms with van der Waals surface area (Å²) in [7, 11) is 0. The number of carbonyl (C=O) groups is 1. The first-order chi connectivity index (χ1) is 12.6. The second-order valence-electron chi connectivity index (χ2n) is 6.22. The van der Waals surface area contributed by atoms with Crippen LogP contribution in [0.1, 0.15) is 16.8 Å². The van der Waals surface area contributed by atoms with Crippen LogP contribution in [0.15, 0.2) is 47.0 Å². The number of aromatic nitrogens is 1. The highest BCUT2D eigenvalue weighted by Gasteiger charge is 2.17. The van der Waals surface area contributed by atoms with E-state index in [1.165, 1.54) is 0 Å². The lowest BCUT2D eigenvalue weighted by molar-refractivity contribution is -0.115. The number of amides is 1. The number of hydrogen-bond acceptors (Lipinski definition) is 5. The molecule has 1 aliphatic heterocycles. The molecule has 0 fully saturated rings. The molecular formula is C20H18N2O4. The van der Waals surface area contributed by atoms with E-state index in [0.29, 0.717) is 23.0 Å². The fraction of sp³-hybridized carbons (Fsp3) is 0.200. The van der Waals surface area contributed by atoms with Crippen molar-refractivity contribution < 1.29 is 18.8 Å². The Hall–Kier alpha value is -3.28. The zero-order chi connectivity index (χ0) is 18.1. The van der Waals surface area contributed by atoms with Crippen LogP contribution in [-0.4, -0.2) is 17.9 Å². The van der Waals surface area contributed by atoms with Gasteiger partial charge in [-0.25, -0.2) is 0 Å². The zero-order valence-corrected chi connectivity index (χ0v) is 14.5. The lowest BCUT2D eigenvalue weighted by Gasteiger charge is -2.09. The van der Waals surface area contributed by atoms with Gasteiger partial charge < -0.3 is 19.3 Å². The van der Waals surface area contributed by atoms with Gasteiger partial charge in [-0.3, -0.25) is 4.79 Å². The summed E-state index contributed by atoms with van der Waals surface area (Å²) in [5.74, 6) is 1.83. The van der Waals surface area contributed by atoms with Crippen LogP contribution in [0.5, 0.6) is 11.5 Å². The number of ether oxygens (including phenoxy) is 2. The van der Waals surface area contributed by atoms with E-state index in [9.17, 15) is 4.79 Å². The van der Waals surface area contributed by atoms with E-state index < -0.39 is 0 Å². The lowest BCUT2D eigenvalue weighted by Crippen LogP contribution is -2.15. The van der Waals surface area contributed by atoms with E-state index in [1.54, 1.807) is 6.07 Å². The van der Waals surface area contributed by atoms with Gasteiger partial charge in [0.05, 0.1) is 12.1 Å². The fourth-order valence-corrected chi connectivity index (χ4v) is 2.83. The molecule has 3 aromatic rings. The van der Waals surface area contributed by atoms with E-state index in [0.717, 1.165) is 22.4 Å². The Morgan fingerprint density at radius 3 is 2.85 bits per heavy atom. The highest BCUT2D eigenvalue weighted by molar-refractivity contribution is 5.93. The van der Waals surface area contributed by atoms with Crippen molar-refractivity contribution in [2.45, 2.75) is 20.3 Å². The van der Waals surface area contributed by atoms with Crippen LogP contribution in [0.4, 0.5) is 5.69 Å². The molecule has 2 heterocycles. The maximum atomic E-state index is 12.3. The summed E-state index contributed by atoms with van der Waals surface area (Å²) in [6, 6.07) is 13.1. The highest BCUT2D eigenvalue weighted by atomic mass is 16.7. The average molecular weight is 350 g/mol. The molecule has 1 amide bonds. The van der Waals surface area contributed by atoms with Crippen molar-refractivity contribution in [2.75, 3.05) is 12.1 Å². The molecule has 132 valence electrons. The molecule has 6 heteroatoms. The Labute approximate surface area is 150 Å². The molecule has 1 N–H and O–H groups in total. The number of fused-ring (bicyclic) bond motifs is 1. The molecule has 0 unspecified atom stereocenters. The van der Waals surface area contributed by atoms with Gasteiger partial charge in [0.2, 0.25) is 12.7 Å². The van der Waals surface area contributed by atoms with Crippen LogP contribution in [0.25, 0.3) is 11.3 Å². The Morgan fingerprint density at radius 1 is 1.12 bits per heavy atom. The minimum Gasteiger partial charge on any atom is -0.454 e. The number of rotatable bonds is 4. The summed E-state index contributed by atoms with van der Waals surface area (Å²) in [5, 5.41) is 6.93. The molecule has 0 saturated heterocycles. The normalized spacial score (nSPS) is 12.2. The predicted molar refractivity (Wildman–Crippen MR) is 96.3 cm³/mol. The maximum Gasteiger partial charge on any atom is 0.231 e. The molecule has 2 aromatic carbocycles. The fourth-order valence-electron chi connectivity index (χ4n) is 2.83. The smallest absolute Gasteiger partial charge is 0.231 e. The molecule has 1 aliphatic rings. The third kappa shape index (κ3) is 3.13. The molecule has 0 aliphatic carbocycles. The summed E-state index contributed by atoms with van der Waals surface area (Å²) in [4.78, 5) is 12.3. The first kappa shape index (κ1) is 16.2. The van der Waals surface area contributed by atoms with Crippen molar-refractivity contribution in [2.24, 2.45) is 0 Å². The number of benzene rings is 2. The van der Waals surface area contributed by atoms with Gasteiger partial charge in [-0.05, 0) is 49.2 Å². The molecule has 26 heavy (non-hydrogen) atoms. The predicted octanol–water partition coefficient (Wildman–Crippen LogP) is 3.87. The molecule has 0 atom stereocenters. The third-order valence-electron chi connectivity index (χ3n) is 4.44. The second kappa shape index (κ2) is 6.55. The molecule has 0 bridgehead atoms. The molecule has 0 radical (unpaired) electrons. The zero-order valence-electron chi connectivity index (χ0n) is 14.5. The second-order valence-corrected chi connectivity index (χ2v) is 6.22. The Bertz CT molecular complexity index is 978. The lowest BCUT2D eigenvalue weighted by atomic mass is 10.1. The Morgan fingerprint density at radius 2 is 1.96 bits per heavy atom. The third-order valence-corrected chi connectivity index (χ3v) is 4.44. The Kier molecular flexibility index (Phi) is 4.08. The molecule has 1 aromatic heterocycles. The van der Waals surface area contributed by atoms with Crippen LogP contribution in [-0.2, 0) is 11.2 Å².